The molecule has 0 bridgehead atoms. The second kappa shape index (κ2) is 8.53. The normalized spacial score (nSPS) is 10.2. The molecule has 6 nitrogen and oxygen atoms in total. The minimum atomic E-state index is -0.763. The van der Waals surface area contributed by atoms with E-state index >= 15 is 0 Å². The molecule has 2 aromatic rings. The Labute approximate surface area is 153 Å². The van der Waals surface area contributed by atoms with Gasteiger partial charge in [-0.05, 0) is 58.2 Å². The number of esters is 1. The van der Waals surface area contributed by atoms with Crippen LogP contribution in [0.3, 0.4) is 0 Å². The van der Waals surface area contributed by atoms with Crippen LogP contribution in [0.4, 0.5) is 0 Å². The van der Waals surface area contributed by atoms with E-state index in [1.807, 2.05) is 12.1 Å². The Morgan fingerprint density at radius 3 is 2.52 bits per heavy atom. The van der Waals surface area contributed by atoms with Crippen LogP contribution in [-0.2, 0) is 16.1 Å². The van der Waals surface area contributed by atoms with Crippen LogP contribution in [0.1, 0.15) is 21.5 Å². The van der Waals surface area contributed by atoms with E-state index in [9.17, 15) is 14.7 Å². The molecule has 0 aliphatic heterocycles. The number of hydrogen-bond donors (Lipinski definition) is 2. The molecule has 0 heterocycles. The number of nitrogens with one attached hydrogen (secondary N) is 1. The number of carbonyl (C=O) groups excluding carboxylic acids is 2. The highest BCUT2D eigenvalue weighted by Gasteiger charge is 2.17. The summed E-state index contributed by atoms with van der Waals surface area (Å²) in [4.78, 5) is 23.8. The molecular formula is C18H18BrNO5. The van der Waals surface area contributed by atoms with Gasteiger partial charge in [0, 0.05) is 6.54 Å². The lowest BCUT2D eigenvalue weighted by Gasteiger charge is -2.09. The predicted octanol–water partition coefficient (Wildman–Crippen LogP) is 2.94. The van der Waals surface area contributed by atoms with Gasteiger partial charge in [0.25, 0.3) is 5.91 Å². The molecule has 2 aromatic carbocycles. The van der Waals surface area contributed by atoms with Crippen LogP contribution in [0.25, 0.3) is 0 Å². The first-order valence-electron chi connectivity index (χ1n) is 7.46. The highest BCUT2D eigenvalue weighted by molar-refractivity contribution is 9.10. The number of aryl methyl sites for hydroxylation is 1. The van der Waals surface area contributed by atoms with Gasteiger partial charge in [0.2, 0.25) is 0 Å². The Balaban J connectivity index is 1.86. The summed E-state index contributed by atoms with van der Waals surface area (Å²) in [6, 6.07) is 10.4. The van der Waals surface area contributed by atoms with Crippen molar-refractivity contribution in [3.63, 3.8) is 0 Å². The number of halogens is 1. The second-order valence-electron chi connectivity index (χ2n) is 5.34. The fourth-order valence-electron chi connectivity index (χ4n) is 2.09. The topological polar surface area (TPSA) is 84.9 Å². The molecule has 0 aliphatic carbocycles. The minimum absolute atomic E-state index is 0.00910. The lowest BCUT2D eigenvalue weighted by Crippen LogP contribution is -2.28. The molecular weight excluding hydrogens is 390 g/mol. The van der Waals surface area contributed by atoms with E-state index in [1.165, 1.54) is 6.07 Å². The third kappa shape index (κ3) is 5.22. The van der Waals surface area contributed by atoms with Gasteiger partial charge < -0.3 is 19.9 Å². The summed E-state index contributed by atoms with van der Waals surface area (Å²) >= 11 is 3.16. The molecule has 0 aromatic heterocycles. The number of phenols is 1. The highest BCUT2D eigenvalue weighted by Crippen LogP contribution is 2.29. The molecule has 0 saturated carbocycles. The number of carbonyl (C=O) groups is 2. The standard InChI is InChI=1S/C18H18BrNO5/c1-11-7-14(17(22)15(19)8-11)18(23)25-10-16(21)20-9-12-3-5-13(24-2)6-4-12/h3-8,22H,9-10H2,1-2H3,(H,20,21). The van der Waals surface area contributed by atoms with Crippen molar-refractivity contribution in [1.29, 1.82) is 0 Å². The predicted molar refractivity (Wildman–Crippen MR) is 95.7 cm³/mol. The van der Waals surface area contributed by atoms with Crippen LogP contribution in [0.15, 0.2) is 40.9 Å². The molecule has 0 unspecified atom stereocenters. The van der Waals surface area contributed by atoms with E-state index in [-0.39, 0.29) is 11.3 Å². The zero-order chi connectivity index (χ0) is 18.4. The molecule has 2 N–H and O–H groups in total. The third-order valence-corrected chi connectivity index (χ3v) is 4.02. The van der Waals surface area contributed by atoms with Crippen LogP contribution in [0.2, 0.25) is 0 Å². The van der Waals surface area contributed by atoms with Crippen molar-refractivity contribution < 1.29 is 24.2 Å². The number of amides is 1. The molecule has 0 aliphatic rings. The summed E-state index contributed by atoms with van der Waals surface area (Å²) in [6.45, 7) is 1.66. The van der Waals surface area contributed by atoms with Crippen molar-refractivity contribution in [3.05, 3.63) is 57.6 Å². The monoisotopic (exact) mass is 407 g/mol. The molecule has 0 atom stereocenters. The van der Waals surface area contributed by atoms with Crippen LogP contribution < -0.4 is 10.1 Å². The SMILES string of the molecule is COc1ccc(CNC(=O)COC(=O)c2cc(C)cc(Br)c2O)cc1. The number of hydrogen-bond acceptors (Lipinski definition) is 5. The average Bonchev–Trinajstić information content (AvgIpc) is 2.61. The maximum atomic E-state index is 12.0. The fraction of sp³-hybridized carbons (Fsp3) is 0.222. The van der Waals surface area contributed by atoms with E-state index in [0.29, 0.717) is 11.0 Å². The Bertz CT molecular complexity index is 774. The molecule has 1 amide bonds. The van der Waals surface area contributed by atoms with Crippen LogP contribution in [0.5, 0.6) is 11.5 Å². The van der Waals surface area contributed by atoms with Gasteiger partial charge in [0.1, 0.15) is 17.1 Å². The summed E-state index contributed by atoms with van der Waals surface area (Å²) in [5, 5.41) is 12.5. The van der Waals surface area contributed by atoms with Crippen LogP contribution in [-0.4, -0.2) is 30.7 Å². The maximum absolute atomic E-state index is 12.0. The Morgan fingerprint density at radius 1 is 1.20 bits per heavy atom. The van der Waals surface area contributed by atoms with Crippen LogP contribution >= 0.6 is 15.9 Å². The summed E-state index contributed by atoms with van der Waals surface area (Å²) in [5.74, 6) is -0.681. The van der Waals surface area contributed by atoms with Crippen molar-refractivity contribution in [2.24, 2.45) is 0 Å². The molecule has 0 saturated heterocycles. The van der Waals surface area contributed by atoms with E-state index in [1.54, 1.807) is 32.2 Å². The number of methoxy groups -OCH3 is 1. The third-order valence-electron chi connectivity index (χ3n) is 3.41. The number of phenolic OH excluding ortho intramolecular Hbond substituents is 1. The smallest absolute Gasteiger partial charge is 0.342 e. The molecule has 25 heavy (non-hydrogen) atoms. The first-order valence-corrected chi connectivity index (χ1v) is 8.26. The van der Waals surface area contributed by atoms with Gasteiger partial charge in [0.15, 0.2) is 6.61 Å². The summed E-state index contributed by atoms with van der Waals surface area (Å²) < 4.78 is 10.4. The van der Waals surface area contributed by atoms with Gasteiger partial charge in [-0.2, -0.15) is 0 Å². The quantitative estimate of drug-likeness (QED) is 0.719. The van der Waals surface area contributed by atoms with Crippen molar-refractivity contribution in [2.45, 2.75) is 13.5 Å². The average molecular weight is 408 g/mol. The lowest BCUT2D eigenvalue weighted by atomic mass is 10.1. The minimum Gasteiger partial charge on any atom is -0.506 e. The van der Waals surface area contributed by atoms with Crippen molar-refractivity contribution in [3.8, 4) is 11.5 Å². The van der Waals surface area contributed by atoms with Crippen LogP contribution in [0, 0.1) is 6.92 Å². The van der Waals surface area contributed by atoms with Crippen molar-refractivity contribution in [2.75, 3.05) is 13.7 Å². The zero-order valence-electron chi connectivity index (χ0n) is 13.8. The Kier molecular flexibility index (Phi) is 6.41. The van der Waals surface area contributed by atoms with Crippen molar-refractivity contribution in [1.82, 2.24) is 5.32 Å². The fourth-order valence-corrected chi connectivity index (χ4v) is 2.67. The van der Waals surface area contributed by atoms with E-state index in [0.717, 1.165) is 16.9 Å². The van der Waals surface area contributed by atoms with Gasteiger partial charge in [-0.3, -0.25) is 4.79 Å². The highest BCUT2D eigenvalue weighted by atomic mass is 79.9. The second-order valence-corrected chi connectivity index (χ2v) is 6.20. The number of aromatic hydroxyl groups is 1. The molecule has 0 spiro atoms. The zero-order valence-corrected chi connectivity index (χ0v) is 15.4. The van der Waals surface area contributed by atoms with Gasteiger partial charge in [-0.15, -0.1) is 0 Å². The summed E-state index contributed by atoms with van der Waals surface area (Å²) in [6.07, 6.45) is 0. The van der Waals surface area contributed by atoms with Gasteiger partial charge in [-0.25, -0.2) is 4.79 Å². The lowest BCUT2D eigenvalue weighted by molar-refractivity contribution is -0.124. The number of benzene rings is 2. The van der Waals surface area contributed by atoms with Gasteiger partial charge >= 0.3 is 5.97 Å². The first kappa shape index (κ1) is 18.8. The van der Waals surface area contributed by atoms with Gasteiger partial charge in [-0.1, -0.05) is 12.1 Å². The molecule has 0 fully saturated rings. The number of rotatable bonds is 6. The molecule has 7 heteroatoms. The summed E-state index contributed by atoms with van der Waals surface area (Å²) in [5.41, 5.74) is 1.68. The van der Waals surface area contributed by atoms with E-state index in [2.05, 4.69) is 21.2 Å². The number of ether oxygens (including phenoxy) is 2. The molecule has 0 radical (unpaired) electrons. The molecule has 132 valence electrons. The van der Waals surface area contributed by atoms with E-state index < -0.39 is 18.5 Å². The first-order chi connectivity index (χ1) is 11.9. The Morgan fingerprint density at radius 2 is 1.88 bits per heavy atom. The van der Waals surface area contributed by atoms with Crippen molar-refractivity contribution >= 4 is 27.8 Å². The summed E-state index contributed by atoms with van der Waals surface area (Å²) in [7, 11) is 1.58. The molecule has 2 rings (SSSR count). The van der Waals surface area contributed by atoms with Gasteiger partial charge in [0.05, 0.1) is 11.6 Å². The Hall–Kier alpha value is -2.54. The largest absolute Gasteiger partial charge is 0.506 e. The van der Waals surface area contributed by atoms with E-state index in [4.69, 9.17) is 9.47 Å². The maximum Gasteiger partial charge on any atom is 0.342 e.